The van der Waals surface area contributed by atoms with Gasteiger partial charge in [-0.2, -0.15) is 18.2 Å². The summed E-state index contributed by atoms with van der Waals surface area (Å²) in [4.78, 5) is 6.47. The second-order valence-corrected chi connectivity index (χ2v) is 4.41. The summed E-state index contributed by atoms with van der Waals surface area (Å²) in [7, 11) is 0. The fraction of sp³-hybridized carbons (Fsp3) is 0.636. The maximum absolute atomic E-state index is 12.5. The molecule has 1 aromatic rings. The van der Waals surface area contributed by atoms with E-state index in [1.54, 1.807) is 0 Å². The van der Waals surface area contributed by atoms with Gasteiger partial charge in [-0.1, -0.05) is 12.8 Å². The van der Waals surface area contributed by atoms with Crippen molar-refractivity contribution < 1.29 is 17.9 Å². The molecule has 0 atom stereocenters. The summed E-state index contributed by atoms with van der Waals surface area (Å²) < 4.78 is 42.6. The SMILES string of the molecule is Nc1cc(OCC2CCCC2)nc(C(F)(F)F)n1. The maximum atomic E-state index is 12.5. The Morgan fingerprint density at radius 3 is 2.56 bits per heavy atom. The first kappa shape index (κ1) is 12.9. The topological polar surface area (TPSA) is 61.0 Å². The van der Waals surface area contributed by atoms with Crippen molar-refractivity contribution in [1.82, 2.24) is 9.97 Å². The first-order valence-electron chi connectivity index (χ1n) is 5.79. The van der Waals surface area contributed by atoms with Crippen molar-refractivity contribution in [3.8, 4) is 5.88 Å². The lowest BCUT2D eigenvalue weighted by Gasteiger charge is -2.12. The summed E-state index contributed by atoms with van der Waals surface area (Å²) in [6, 6.07) is 1.21. The third-order valence-electron chi connectivity index (χ3n) is 2.92. The molecular formula is C11H14F3N3O. The largest absolute Gasteiger partial charge is 0.477 e. The van der Waals surface area contributed by atoms with E-state index in [2.05, 4.69) is 9.97 Å². The fourth-order valence-corrected chi connectivity index (χ4v) is 2.02. The van der Waals surface area contributed by atoms with Crippen molar-refractivity contribution in [3.05, 3.63) is 11.9 Å². The Kier molecular flexibility index (Phi) is 3.58. The van der Waals surface area contributed by atoms with Crippen LogP contribution in [0.5, 0.6) is 5.88 Å². The third kappa shape index (κ3) is 3.24. The molecule has 2 N–H and O–H groups in total. The van der Waals surface area contributed by atoms with Gasteiger partial charge in [-0.05, 0) is 18.8 Å². The van der Waals surface area contributed by atoms with E-state index in [1.165, 1.54) is 6.07 Å². The Bertz CT molecular complexity index is 416. The van der Waals surface area contributed by atoms with Gasteiger partial charge in [0.05, 0.1) is 6.61 Å². The van der Waals surface area contributed by atoms with Crippen LogP contribution in [0.2, 0.25) is 0 Å². The number of nitrogens with two attached hydrogens (primary N) is 1. The number of hydrogen-bond donors (Lipinski definition) is 1. The van der Waals surface area contributed by atoms with Crippen LogP contribution in [0.25, 0.3) is 0 Å². The molecule has 1 fully saturated rings. The Hall–Kier alpha value is -1.53. The third-order valence-corrected chi connectivity index (χ3v) is 2.92. The molecule has 7 heteroatoms. The maximum Gasteiger partial charge on any atom is 0.451 e. The van der Waals surface area contributed by atoms with Gasteiger partial charge in [0.2, 0.25) is 11.7 Å². The average Bonchev–Trinajstić information content (AvgIpc) is 2.77. The van der Waals surface area contributed by atoms with Crippen LogP contribution in [-0.4, -0.2) is 16.6 Å². The molecule has 0 saturated heterocycles. The fourth-order valence-electron chi connectivity index (χ4n) is 2.02. The van der Waals surface area contributed by atoms with Gasteiger partial charge < -0.3 is 10.5 Å². The summed E-state index contributed by atoms with van der Waals surface area (Å²) >= 11 is 0. The van der Waals surface area contributed by atoms with Crippen molar-refractivity contribution in [2.24, 2.45) is 5.92 Å². The van der Waals surface area contributed by atoms with Crippen LogP contribution in [-0.2, 0) is 6.18 Å². The molecular weight excluding hydrogens is 247 g/mol. The van der Waals surface area contributed by atoms with Crippen molar-refractivity contribution >= 4 is 5.82 Å². The normalized spacial score (nSPS) is 17.1. The molecule has 1 aliphatic rings. The molecule has 2 rings (SSSR count). The molecule has 0 amide bonds. The molecule has 4 nitrogen and oxygen atoms in total. The molecule has 1 aliphatic carbocycles. The monoisotopic (exact) mass is 261 g/mol. The molecule has 0 radical (unpaired) electrons. The smallest absolute Gasteiger partial charge is 0.451 e. The van der Waals surface area contributed by atoms with E-state index in [1.807, 2.05) is 0 Å². The van der Waals surface area contributed by atoms with E-state index in [9.17, 15) is 13.2 Å². The van der Waals surface area contributed by atoms with Crippen LogP contribution >= 0.6 is 0 Å². The second-order valence-electron chi connectivity index (χ2n) is 4.41. The number of hydrogen-bond acceptors (Lipinski definition) is 4. The highest BCUT2D eigenvalue weighted by Crippen LogP contribution is 2.29. The van der Waals surface area contributed by atoms with Crippen molar-refractivity contribution in [1.29, 1.82) is 0 Å². The van der Waals surface area contributed by atoms with Gasteiger partial charge in [-0.3, -0.25) is 0 Å². The molecule has 100 valence electrons. The minimum Gasteiger partial charge on any atom is -0.477 e. The summed E-state index contributed by atoms with van der Waals surface area (Å²) in [6.45, 7) is 0.383. The zero-order valence-corrected chi connectivity index (χ0v) is 9.70. The summed E-state index contributed by atoms with van der Waals surface area (Å²) in [5, 5.41) is 0. The quantitative estimate of drug-likeness (QED) is 0.908. The van der Waals surface area contributed by atoms with Crippen LogP contribution in [0.3, 0.4) is 0 Å². The van der Waals surface area contributed by atoms with Gasteiger partial charge in [0.1, 0.15) is 5.82 Å². The summed E-state index contributed by atoms with van der Waals surface area (Å²) in [5.41, 5.74) is 5.31. The number of ether oxygens (including phenoxy) is 1. The lowest BCUT2D eigenvalue weighted by atomic mass is 10.1. The van der Waals surface area contributed by atoms with Gasteiger partial charge in [0.25, 0.3) is 0 Å². The predicted octanol–water partition coefficient (Wildman–Crippen LogP) is 2.65. The van der Waals surface area contributed by atoms with Gasteiger partial charge in [-0.15, -0.1) is 0 Å². The minimum atomic E-state index is -4.61. The van der Waals surface area contributed by atoms with Crippen LogP contribution in [0.15, 0.2) is 6.07 Å². The molecule has 1 saturated carbocycles. The number of rotatable bonds is 3. The van der Waals surface area contributed by atoms with E-state index in [-0.39, 0.29) is 11.7 Å². The molecule has 0 aliphatic heterocycles. The predicted molar refractivity (Wildman–Crippen MR) is 58.9 cm³/mol. The molecule has 0 spiro atoms. The lowest BCUT2D eigenvalue weighted by molar-refractivity contribution is -0.145. The highest BCUT2D eigenvalue weighted by Gasteiger charge is 2.35. The molecule has 18 heavy (non-hydrogen) atoms. The highest BCUT2D eigenvalue weighted by molar-refractivity contribution is 5.33. The molecule has 1 aromatic heterocycles. The molecule has 0 bridgehead atoms. The van der Waals surface area contributed by atoms with Gasteiger partial charge in [0.15, 0.2) is 0 Å². The van der Waals surface area contributed by atoms with Gasteiger partial charge >= 0.3 is 6.18 Å². The first-order chi connectivity index (χ1) is 8.45. The average molecular weight is 261 g/mol. The van der Waals surface area contributed by atoms with Crippen LogP contribution in [0, 0.1) is 5.92 Å². The van der Waals surface area contributed by atoms with Crippen molar-refractivity contribution in [2.45, 2.75) is 31.9 Å². The number of alkyl halides is 3. The van der Waals surface area contributed by atoms with E-state index in [0.717, 1.165) is 25.7 Å². The summed E-state index contributed by atoms with van der Waals surface area (Å²) in [6.07, 6.45) is -0.221. The Morgan fingerprint density at radius 1 is 1.28 bits per heavy atom. The molecule has 0 unspecified atom stereocenters. The number of halogens is 3. The number of nitrogens with zero attached hydrogens (tertiary/aromatic N) is 2. The van der Waals surface area contributed by atoms with Crippen LogP contribution in [0.4, 0.5) is 19.0 Å². The van der Waals surface area contributed by atoms with Crippen LogP contribution in [0.1, 0.15) is 31.5 Å². The Balaban J connectivity index is 2.05. The first-order valence-corrected chi connectivity index (χ1v) is 5.79. The summed E-state index contributed by atoms with van der Waals surface area (Å²) in [5.74, 6) is -1.21. The standard InChI is InChI=1S/C11H14F3N3O/c12-11(13,14)10-16-8(15)5-9(17-10)18-6-7-3-1-2-4-7/h5,7H,1-4,6H2,(H2,15,16,17). The van der Waals surface area contributed by atoms with Crippen molar-refractivity contribution in [2.75, 3.05) is 12.3 Å². The lowest BCUT2D eigenvalue weighted by Crippen LogP contribution is -2.15. The van der Waals surface area contributed by atoms with Gasteiger partial charge in [-0.25, -0.2) is 4.98 Å². The Morgan fingerprint density at radius 2 is 1.94 bits per heavy atom. The highest BCUT2D eigenvalue weighted by atomic mass is 19.4. The van der Waals surface area contributed by atoms with Crippen molar-refractivity contribution in [3.63, 3.8) is 0 Å². The Labute approximate surface area is 102 Å². The van der Waals surface area contributed by atoms with E-state index in [4.69, 9.17) is 10.5 Å². The number of aromatic nitrogens is 2. The minimum absolute atomic E-state index is 0.110. The van der Waals surface area contributed by atoms with E-state index >= 15 is 0 Å². The van der Waals surface area contributed by atoms with E-state index < -0.39 is 12.0 Å². The zero-order valence-electron chi connectivity index (χ0n) is 9.70. The molecule has 1 heterocycles. The van der Waals surface area contributed by atoms with Gasteiger partial charge in [0, 0.05) is 6.07 Å². The van der Waals surface area contributed by atoms with E-state index in [0.29, 0.717) is 12.5 Å². The molecule has 0 aromatic carbocycles. The number of nitrogen functional groups attached to an aromatic ring is 1. The number of anilines is 1. The zero-order chi connectivity index (χ0) is 13.2. The second kappa shape index (κ2) is 4.99. The van der Waals surface area contributed by atoms with Crippen LogP contribution < -0.4 is 10.5 Å².